The van der Waals surface area contributed by atoms with Gasteiger partial charge in [-0.1, -0.05) is 31.2 Å². The number of benzene rings is 1. The number of nitrogens with zero attached hydrogens (tertiary/aromatic N) is 1. The normalized spacial score (nSPS) is 17.1. The van der Waals surface area contributed by atoms with Crippen molar-refractivity contribution >= 4 is 0 Å². The molecule has 1 fully saturated rings. The SMILES string of the molecule is CCN(Cc1ccc(C(F)F)cc1)CC1CCNCC1. The molecule has 0 aromatic heterocycles. The lowest BCUT2D eigenvalue weighted by Crippen LogP contribution is -2.35. The molecule has 0 amide bonds. The van der Waals surface area contributed by atoms with Gasteiger partial charge in [-0.2, -0.15) is 0 Å². The van der Waals surface area contributed by atoms with E-state index in [0.717, 1.165) is 44.2 Å². The molecule has 112 valence electrons. The topological polar surface area (TPSA) is 15.3 Å². The van der Waals surface area contributed by atoms with E-state index >= 15 is 0 Å². The average molecular weight is 282 g/mol. The lowest BCUT2D eigenvalue weighted by molar-refractivity contribution is 0.151. The molecule has 0 spiro atoms. The third-order valence-electron chi connectivity index (χ3n) is 4.06. The van der Waals surface area contributed by atoms with Crippen LogP contribution in [0.25, 0.3) is 0 Å². The van der Waals surface area contributed by atoms with Crippen LogP contribution in [0.3, 0.4) is 0 Å². The van der Waals surface area contributed by atoms with Gasteiger partial charge in [0, 0.05) is 18.7 Å². The van der Waals surface area contributed by atoms with E-state index in [1.807, 2.05) is 12.1 Å². The molecule has 0 unspecified atom stereocenters. The highest BCUT2D eigenvalue weighted by Crippen LogP contribution is 2.20. The summed E-state index contributed by atoms with van der Waals surface area (Å²) in [5, 5.41) is 3.38. The van der Waals surface area contributed by atoms with Gasteiger partial charge in [-0.25, -0.2) is 8.78 Å². The molecule has 0 radical (unpaired) electrons. The van der Waals surface area contributed by atoms with Crippen molar-refractivity contribution in [3.05, 3.63) is 35.4 Å². The first-order chi connectivity index (χ1) is 9.69. The minimum Gasteiger partial charge on any atom is -0.317 e. The maximum absolute atomic E-state index is 12.5. The monoisotopic (exact) mass is 282 g/mol. The van der Waals surface area contributed by atoms with E-state index in [1.165, 1.54) is 12.8 Å². The molecule has 1 aromatic rings. The molecule has 1 aliphatic rings. The molecule has 1 heterocycles. The summed E-state index contributed by atoms with van der Waals surface area (Å²) < 4.78 is 25.0. The van der Waals surface area contributed by atoms with Crippen LogP contribution in [0.15, 0.2) is 24.3 Å². The molecule has 0 bridgehead atoms. The zero-order valence-corrected chi connectivity index (χ0v) is 12.1. The van der Waals surface area contributed by atoms with Crippen molar-refractivity contribution in [2.45, 2.75) is 32.7 Å². The molecule has 1 aliphatic heterocycles. The van der Waals surface area contributed by atoms with Crippen molar-refractivity contribution in [3.8, 4) is 0 Å². The Labute approximate surface area is 120 Å². The second kappa shape index (κ2) is 7.70. The third kappa shape index (κ3) is 4.53. The Morgan fingerprint density at radius 1 is 1.20 bits per heavy atom. The number of hydrogen-bond acceptors (Lipinski definition) is 2. The van der Waals surface area contributed by atoms with Gasteiger partial charge in [-0.15, -0.1) is 0 Å². The van der Waals surface area contributed by atoms with Gasteiger partial charge in [-0.3, -0.25) is 4.90 Å². The maximum atomic E-state index is 12.5. The van der Waals surface area contributed by atoms with Gasteiger partial charge in [0.05, 0.1) is 0 Å². The fourth-order valence-corrected chi connectivity index (χ4v) is 2.76. The van der Waals surface area contributed by atoms with Crippen LogP contribution in [-0.4, -0.2) is 31.1 Å². The van der Waals surface area contributed by atoms with E-state index in [2.05, 4.69) is 17.1 Å². The smallest absolute Gasteiger partial charge is 0.263 e. The number of piperidine rings is 1. The molecular weight excluding hydrogens is 258 g/mol. The van der Waals surface area contributed by atoms with Crippen LogP contribution >= 0.6 is 0 Å². The van der Waals surface area contributed by atoms with Crippen LogP contribution in [0, 0.1) is 5.92 Å². The van der Waals surface area contributed by atoms with Crippen molar-refractivity contribution in [2.75, 3.05) is 26.2 Å². The van der Waals surface area contributed by atoms with Crippen LogP contribution in [0.5, 0.6) is 0 Å². The lowest BCUT2D eigenvalue weighted by atomic mass is 9.97. The molecule has 2 nitrogen and oxygen atoms in total. The van der Waals surface area contributed by atoms with Crippen molar-refractivity contribution < 1.29 is 8.78 Å². The standard InChI is InChI=1S/C16H24F2N2/c1-2-20(12-14-7-9-19-10-8-14)11-13-3-5-15(6-4-13)16(17)18/h3-6,14,16,19H,2,7-12H2,1H3. The Balaban J connectivity index is 1.88. The van der Waals surface area contributed by atoms with Gasteiger partial charge < -0.3 is 5.32 Å². The van der Waals surface area contributed by atoms with Crippen molar-refractivity contribution in [2.24, 2.45) is 5.92 Å². The molecule has 1 saturated heterocycles. The van der Waals surface area contributed by atoms with E-state index in [-0.39, 0.29) is 5.56 Å². The van der Waals surface area contributed by atoms with Gasteiger partial charge in [0.2, 0.25) is 0 Å². The highest BCUT2D eigenvalue weighted by atomic mass is 19.3. The quantitative estimate of drug-likeness (QED) is 0.859. The fourth-order valence-electron chi connectivity index (χ4n) is 2.76. The Hall–Kier alpha value is -1.00. The first-order valence-electron chi connectivity index (χ1n) is 7.49. The summed E-state index contributed by atoms with van der Waals surface area (Å²) in [4.78, 5) is 2.41. The summed E-state index contributed by atoms with van der Waals surface area (Å²) >= 11 is 0. The molecule has 20 heavy (non-hydrogen) atoms. The van der Waals surface area contributed by atoms with Crippen LogP contribution in [0.4, 0.5) is 8.78 Å². The second-order valence-electron chi connectivity index (χ2n) is 5.56. The summed E-state index contributed by atoms with van der Waals surface area (Å²) in [5.41, 5.74) is 1.22. The first kappa shape index (κ1) is 15.4. The zero-order chi connectivity index (χ0) is 14.4. The molecule has 4 heteroatoms. The van der Waals surface area contributed by atoms with Gasteiger partial charge in [0.15, 0.2) is 0 Å². The molecule has 1 N–H and O–H groups in total. The van der Waals surface area contributed by atoms with Crippen LogP contribution < -0.4 is 5.32 Å². The number of halogens is 2. The van der Waals surface area contributed by atoms with E-state index in [0.29, 0.717) is 0 Å². The second-order valence-corrected chi connectivity index (χ2v) is 5.56. The van der Waals surface area contributed by atoms with Gasteiger partial charge in [0.1, 0.15) is 0 Å². The number of rotatable bonds is 6. The van der Waals surface area contributed by atoms with Gasteiger partial charge in [0.25, 0.3) is 6.43 Å². The minimum absolute atomic E-state index is 0.107. The Kier molecular flexibility index (Phi) is 5.92. The molecular formula is C16H24F2N2. The summed E-state index contributed by atoms with van der Waals surface area (Å²) in [5.74, 6) is 0.761. The predicted octanol–water partition coefficient (Wildman–Crippen LogP) is 3.45. The summed E-state index contributed by atoms with van der Waals surface area (Å²) in [6.07, 6.45) is 0.0998. The van der Waals surface area contributed by atoms with Crippen molar-refractivity contribution in [1.29, 1.82) is 0 Å². The molecule has 0 aliphatic carbocycles. The number of nitrogens with one attached hydrogen (secondary N) is 1. The summed E-state index contributed by atoms with van der Waals surface area (Å²) in [7, 11) is 0. The minimum atomic E-state index is -2.37. The molecule has 2 rings (SSSR count). The third-order valence-corrected chi connectivity index (χ3v) is 4.06. The van der Waals surface area contributed by atoms with Gasteiger partial charge in [-0.05, 0) is 44.0 Å². The van der Waals surface area contributed by atoms with E-state index in [9.17, 15) is 8.78 Å². The highest BCUT2D eigenvalue weighted by molar-refractivity contribution is 5.23. The van der Waals surface area contributed by atoms with E-state index in [1.54, 1.807) is 12.1 Å². The fraction of sp³-hybridized carbons (Fsp3) is 0.625. The number of hydrogen-bond donors (Lipinski definition) is 1. The number of alkyl halides is 2. The van der Waals surface area contributed by atoms with Crippen molar-refractivity contribution in [1.82, 2.24) is 10.2 Å². The predicted molar refractivity (Wildman–Crippen MR) is 77.9 cm³/mol. The largest absolute Gasteiger partial charge is 0.317 e. The summed E-state index contributed by atoms with van der Waals surface area (Å²) in [6.45, 7) is 7.35. The van der Waals surface area contributed by atoms with E-state index < -0.39 is 6.43 Å². The van der Waals surface area contributed by atoms with Crippen LogP contribution in [0.1, 0.15) is 37.3 Å². The molecule has 1 aromatic carbocycles. The van der Waals surface area contributed by atoms with E-state index in [4.69, 9.17) is 0 Å². The maximum Gasteiger partial charge on any atom is 0.263 e. The van der Waals surface area contributed by atoms with Crippen LogP contribution in [-0.2, 0) is 6.54 Å². The summed E-state index contributed by atoms with van der Waals surface area (Å²) in [6, 6.07) is 6.73. The highest BCUT2D eigenvalue weighted by Gasteiger charge is 2.16. The molecule has 0 saturated carbocycles. The Morgan fingerprint density at radius 3 is 2.40 bits per heavy atom. The lowest BCUT2D eigenvalue weighted by Gasteiger charge is -2.29. The first-order valence-corrected chi connectivity index (χ1v) is 7.49. The Bertz CT molecular complexity index is 386. The zero-order valence-electron chi connectivity index (χ0n) is 12.1. The van der Waals surface area contributed by atoms with Gasteiger partial charge >= 0.3 is 0 Å². The Morgan fingerprint density at radius 2 is 1.85 bits per heavy atom. The average Bonchev–Trinajstić information content (AvgIpc) is 2.48. The van der Waals surface area contributed by atoms with Crippen molar-refractivity contribution in [3.63, 3.8) is 0 Å². The molecule has 0 atom stereocenters. The van der Waals surface area contributed by atoms with Crippen LogP contribution in [0.2, 0.25) is 0 Å².